The summed E-state index contributed by atoms with van der Waals surface area (Å²) in [7, 11) is 0. The Balaban J connectivity index is 0.000000278. The van der Waals surface area contributed by atoms with Crippen molar-refractivity contribution < 1.29 is 52.4 Å². The molecule has 0 aromatic carbocycles. The molecule has 27 nitrogen and oxygen atoms in total. The topological polar surface area (TPSA) is 324 Å². The smallest absolute Gasteiger partial charge is 0.315 e. The highest BCUT2D eigenvalue weighted by Crippen LogP contribution is 2.40. The lowest BCUT2D eigenvalue weighted by Gasteiger charge is -2.18. The van der Waals surface area contributed by atoms with Crippen molar-refractivity contribution in [3.63, 3.8) is 0 Å². The molecule has 28 heteroatoms. The van der Waals surface area contributed by atoms with Gasteiger partial charge in [-0.2, -0.15) is 32.2 Å². The van der Waals surface area contributed by atoms with E-state index in [-0.39, 0.29) is 52.3 Å². The van der Waals surface area contributed by atoms with E-state index in [1.807, 2.05) is 72.6 Å². The number of ketones is 2. The number of hydrogen-bond acceptors (Lipinski definition) is 22. The summed E-state index contributed by atoms with van der Waals surface area (Å²) in [5.74, 6) is 2.50. The highest BCUT2D eigenvalue weighted by atomic mass is 32.2. The number of ether oxygens (including phenoxy) is 6. The van der Waals surface area contributed by atoms with E-state index in [9.17, 15) is 24.0 Å². The third-order valence-corrected chi connectivity index (χ3v) is 17.0. The summed E-state index contributed by atoms with van der Waals surface area (Å²) in [5, 5.41) is 52.3. The Labute approximate surface area is 517 Å². The third-order valence-electron chi connectivity index (χ3n) is 15.5. The number of fused-ring (bicyclic) bond motifs is 1. The van der Waals surface area contributed by atoms with E-state index >= 15 is 0 Å². The summed E-state index contributed by atoms with van der Waals surface area (Å²) in [4.78, 5) is 59.9. The van der Waals surface area contributed by atoms with Crippen molar-refractivity contribution in [2.24, 2.45) is 31.3 Å². The number of aromatic nitrogens is 6. The first-order valence-corrected chi connectivity index (χ1v) is 32.4. The normalized spacial score (nSPS) is 20.2. The standard InChI is InChI=1S/C30H50N8O5S.C29H50N8O6/c1-22-32-24-21-44-25(28(24)33-22)7-5-6-8-27(40)31-11-13-41-15-17-43-18-16-42-14-12-38-20-23(34-37-38)9-10-30(35-36-30)19-26(39)29(2,3)4;1-22-24(32-27(40)31-22)8-6-5-7-9-26(39)30-12-14-41-16-18-43-19-17-42-15-13-37-21-23(33-36-37)10-11-29(34-35-29)20-25(38)28(2,3)4/h20,24-25,28,32-33H,1,5-19,21H2,2-4H3,(H,31,40);21-22,24H,5-20H2,1-4H3,(H,30,39)(H2,31,32,40)/t24-,25-,28-;22-,24+/m01/s1. The van der Waals surface area contributed by atoms with Crippen LogP contribution in [0.25, 0.3) is 0 Å². The zero-order valence-corrected chi connectivity index (χ0v) is 53.6. The minimum absolute atomic E-state index is 0.0335. The molecule has 5 aliphatic rings. The quantitative estimate of drug-likeness (QED) is 0.0465. The monoisotopic (exact) mass is 1240 g/mol. The van der Waals surface area contributed by atoms with Gasteiger partial charge in [0.25, 0.3) is 0 Å². The Morgan fingerprint density at radius 3 is 1.51 bits per heavy atom. The molecular weight excluding hydrogens is 1140 g/mol. The molecule has 0 aliphatic carbocycles. The second kappa shape index (κ2) is 36.2. The number of nitrogens with zero attached hydrogens (tertiary/aromatic N) is 10. The molecule has 7 rings (SSSR count). The van der Waals surface area contributed by atoms with Gasteiger partial charge < -0.3 is 60.3 Å². The number of nitrogens with one attached hydrogen (secondary N) is 6. The molecule has 2 aromatic rings. The van der Waals surface area contributed by atoms with Gasteiger partial charge in [-0.25, -0.2) is 14.2 Å². The molecule has 0 bridgehead atoms. The second-order valence-corrected chi connectivity index (χ2v) is 26.3. The average molecular weight is 1240 g/mol. The minimum atomic E-state index is -0.575. The molecule has 6 N–H and O–H groups in total. The summed E-state index contributed by atoms with van der Waals surface area (Å²) in [6.45, 7) is 25.3. The molecule has 0 unspecified atom stereocenters. The highest BCUT2D eigenvalue weighted by molar-refractivity contribution is 8.00. The molecule has 0 radical (unpaired) electrons. The van der Waals surface area contributed by atoms with Crippen LogP contribution in [0.4, 0.5) is 4.79 Å². The molecule has 5 atom stereocenters. The van der Waals surface area contributed by atoms with Gasteiger partial charge in [0.15, 0.2) is 11.3 Å². The number of aryl methyl sites for hydroxylation is 2. The van der Waals surface area contributed by atoms with Gasteiger partial charge in [-0.05, 0) is 45.4 Å². The van der Waals surface area contributed by atoms with E-state index in [0.717, 1.165) is 67.9 Å². The van der Waals surface area contributed by atoms with E-state index < -0.39 is 11.3 Å². The van der Waals surface area contributed by atoms with Crippen LogP contribution in [0.2, 0.25) is 0 Å². The zero-order chi connectivity index (χ0) is 62.6. The Morgan fingerprint density at radius 1 is 0.609 bits per heavy atom. The van der Waals surface area contributed by atoms with E-state index in [1.165, 1.54) is 0 Å². The highest BCUT2D eigenvalue weighted by Gasteiger charge is 2.45. The Hall–Kier alpha value is -5.52. The summed E-state index contributed by atoms with van der Waals surface area (Å²) in [5.41, 5.74) is -0.219. The number of urea groups is 1. The van der Waals surface area contributed by atoms with Gasteiger partial charge >= 0.3 is 6.03 Å². The van der Waals surface area contributed by atoms with E-state index in [1.54, 1.807) is 9.36 Å². The molecule has 488 valence electrons. The van der Waals surface area contributed by atoms with Crippen LogP contribution < -0.4 is 31.9 Å². The van der Waals surface area contributed by atoms with Gasteiger partial charge in [-0.1, -0.05) is 77.8 Å². The molecule has 3 saturated heterocycles. The van der Waals surface area contributed by atoms with Crippen molar-refractivity contribution >= 4 is 41.2 Å². The van der Waals surface area contributed by atoms with Crippen molar-refractivity contribution in [3.05, 3.63) is 36.2 Å². The number of hydrogen-bond donors (Lipinski definition) is 6. The molecule has 4 amide bonds. The molecule has 7 heterocycles. The SMILES string of the molecule is C=C1N[C@H]2[C@H](CS[C@H]2CCCCC(=O)NCCOCCOCCOCCn2cc(CCC3(CC(=O)C(C)(C)C)N=N3)nn2)N1.C[C@H]1NC(=O)N[C@H]1CCCCCC(=O)NCCOCCOCCOCCn1cc(CCC2(CC(=O)C(C)(C)C)N=N2)nn1. The number of Topliss-reactive ketones (excluding diaryl/α,β-unsaturated/α-hetero) is 2. The fourth-order valence-corrected chi connectivity index (χ4v) is 11.3. The average Bonchev–Trinajstić information content (AvgIpc) is 1.92. The maximum atomic E-state index is 12.3. The Morgan fingerprint density at radius 2 is 1.06 bits per heavy atom. The zero-order valence-electron chi connectivity index (χ0n) is 52.7. The lowest BCUT2D eigenvalue weighted by molar-refractivity contribution is -0.127. The second-order valence-electron chi connectivity index (χ2n) is 25.0. The number of rotatable bonds is 45. The van der Waals surface area contributed by atoms with Crippen LogP contribution in [-0.2, 0) is 73.5 Å². The molecular formula is C59H100N16O11S. The van der Waals surface area contributed by atoms with Crippen LogP contribution in [0.1, 0.15) is 143 Å². The van der Waals surface area contributed by atoms with Gasteiger partial charge in [0, 0.05) is 79.0 Å². The first-order chi connectivity index (χ1) is 41.7. The molecule has 87 heavy (non-hydrogen) atoms. The minimum Gasteiger partial charge on any atom is -0.377 e. The predicted octanol–water partition coefficient (Wildman–Crippen LogP) is 5.19. The van der Waals surface area contributed by atoms with Gasteiger partial charge in [-0.15, -0.1) is 10.2 Å². The lowest BCUT2D eigenvalue weighted by atomic mass is 9.85. The number of unbranched alkanes of at least 4 members (excludes halogenated alkanes) is 3. The fraction of sp³-hybridized carbons (Fsp3) is 0.814. The molecule has 0 saturated carbocycles. The molecule has 3 fully saturated rings. The van der Waals surface area contributed by atoms with E-state index in [4.69, 9.17) is 28.4 Å². The van der Waals surface area contributed by atoms with E-state index in [2.05, 4.69) is 79.6 Å². The number of amides is 4. The van der Waals surface area contributed by atoms with Crippen LogP contribution in [0.3, 0.4) is 0 Å². The fourth-order valence-electron chi connectivity index (χ4n) is 9.76. The number of thioether (sulfide) groups is 1. The van der Waals surface area contributed by atoms with Crippen LogP contribution in [0.15, 0.2) is 45.3 Å². The summed E-state index contributed by atoms with van der Waals surface area (Å²) in [6, 6.07) is 1.21. The largest absolute Gasteiger partial charge is 0.377 e. The Bertz CT molecular complexity index is 2500. The summed E-state index contributed by atoms with van der Waals surface area (Å²) >= 11 is 2.01. The molecule has 0 spiro atoms. The van der Waals surface area contributed by atoms with Crippen LogP contribution >= 0.6 is 11.8 Å². The van der Waals surface area contributed by atoms with E-state index in [0.29, 0.717) is 174 Å². The Kier molecular flexibility index (Phi) is 29.4. The third kappa shape index (κ3) is 27.4. The predicted molar refractivity (Wildman–Crippen MR) is 327 cm³/mol. The van der Waals surface area contributed by atoms with Crippen LogP contribution in [-0.4, -0.2) is 198 Å². The van der Waals surface area contributed by atoms with Crippen molar-refractivity contribution in [1.29, 1.82) is 0 Å². The summed E-state index contributed by atoms with van der Waals surface area (Å²) in [6.07, 6.45) is 15.0. The van der Waals surface area contributed by atoms with Crippen molar-refractivity contribution in [2.75, 3.05) is 98.1 Å². The van der Waals surface area contributed by atoms with Crippen molar-refractivity contribution in [2.45, 2.75) is 199 Å². The van der Waals surface area contributed by atoms with Crippen LogP contribution in [0, 0.1) is 10.8 Å². The van der Waals surface area contributed by atoms with Gasteiger partial charge in [-0.3, -0.25) is 19.2 Å². The van der Waals surface area contributed by atoms with Gasteiger partial charge in [0.1, 0.15) is 11.6 Å². The first kappa shape index (κ1) is 70.6. The molecule has 2 aromatic heterocycles. The van der Waals surface area contributed by atoms with Crippen LogP contribution in [0.5, 0.6) is 0 Å². The lowest BCUT2D eigenvalue weighted by Crippen LogP contribution is -2.36. The first-order valence-electron chi connectivity index (χ1n) is 31.3. The van der Waals surface area contributed by atoms with Crippen molar-refractivity contribution in [1.82, 2.24) is 61.9 Å². The number of carbonyl (C=O) groups excluding carboxylic acids is 5. The van der Waals surface area contributed by atoms with Gasteiger partial charge in [0.2, 0.25) is 11.8 Å². The maximum Gasteiger partial charge on any atom is 0.315 e. The number of carbonyl (C=O) groups is 5. The van der Waals surface area contributed by atoms with Crippen molar-refractivity contribution in [3.8, 4) is 0 Å². The van der Waals surface area contributed by atoms with Gasteiger partial charge in [0.05, 0.1) is 141 Å². The molecule has 5 aliphatic heterocycles. The summed E-state index contributed by atoms with van der Waals surface area (Å²) < 4.78 is 36.8. The maximum absolute atomic E-state index is 12.3.